The molecule has 1 aromatic rings. The molecule has 1 aromatic carbocycles. The van der Waals surface area contributed by atoms with Crippen LogP contribution in [0.25, 0.3) is 0 Å². The van der Waals surface area contributed by atoms with Crippen LogP contribution in [0.15, 0.2) is 18.2 Å². The Morgan fingerprint density at radius 2 is 1.94 bits per heavy atom. The summed E-state index contributed by atoms with van der Waals surface area (Å²) < 4.78 is 5.30. The van der Waals surface area contributed by atoms with Crippen LogP contribution in [0.5, 0.6) is 5.75 Å². The number of benzene rings is 1. The predicted octanol–water partition coefficient (Wildman–Crippen LogP) is 2.87. The first-order valence-corrected chi connectivity index (χ1v) is 6.79. The standard InChI is InChI=1S/C15H24N2O/c1-11(2)17-8-6-12(7-9-17)13-4-5-14(16)15(10-13)18-3/h4-5,10-12H,6-9,16H2,1-3H3. The smallest absolute Gasteiger partial charge is 0.142 e. The van der Waals surface area contributed by atoms with Crippen LogP contribution in [0.3, 0.4) is 0 Å². The van der Waals surface area contributed by atoms with E-state index in [1.165, 1.54) is 31.5 Å². The largest absolute Gasteiger partial charge is 0.495 e. The second-order valence-corrected chi connectivity index (χ2v) is 5.41. The summed E-state index contributed by atoms with van der Waals surface area (Å²) in [6.07, 6.45) is 2.45. The van der Waals surface area contributed by atoms with Crippen LogP contribution >= 0.6 is 0 Å². The molecule has 3 nitrogen and oxygen atoms in total. The van der Waals surface area contributed by atoms with Gasteiger partial charge in [-0.2, -0.15) is 0 Å². The number of anilines is 1. The van der Waals surface area contributed by atoms with Crippen molar-refractivity contribution >= 4 is 5.69 Å². The van der Waals surface area contributed by atoms with Crippen LogP contribution in [0.2, 0.25) is 0 Å². The molecule has 0 radical (unpaired) electrons. The van der Waals surface area contributed by atoms with E-state index in [0.717, 1.165) is 11.4 Å². The lowest BCUT2D eigenvalue weighted by atomic mass is 9.88. The van der Waals surface area contributed by atoms with Crippen molar-refractivity contribution in [2.75, 3.05) is 25.9 Å². The number of nitrogens with zero attached hydrogens (tertiary/aromatic N) is 1. The highest BCUT2D eigenvalue weighted by Crippen LogP contribution is 2.32. The number of methoxy groups -OCH3 is 1. The summed E-state index contributed by atoms with van der Waals surface area (Å²) in [5, 5.41) is 0. The highest BCUT2D eigenvalue weighted by atomic mass is 16.5. The molecule has 1 heterocycles. The minimum Gasteiger partial charge on any atom is -0.495 e. The fraction of sp³-hybridized carbons (Fsp3) is 0.600. The number of nitrogen functional groups attached to an aromatic ring is 1. The molecule has 1 fully saturated rings. The molecule has 0 amide bonds. The summed E-state index contributed by atoms with van der Waals surface area (Å²) in [5.74, 6) is 1.45. The fourth-order valence-electron chi connectivity index (χ4n) is 2.73. The Morgan fingerprint density at radius 3 is 2.50 bits per heavy atom. The van der Waals surface area contributed by atoms with E-state index in [0.29, 0.717) is 12.0 Å². The zero-order valence-corrected chi connectivity index (χ0v) is 11.6. The molecule has 18 heavy (non-hydrogen) atoms. The molecule has 1 saturated heterocycles. The average molecular weight is 248 g/mol. The number of hydrogen-bond donors (Lipinski definition) is 1. The zero-order chi connectivity index (χ0) is 13.1. The van der Waals surface area contributed by atoms with Crippen LogP contribution in [0.4, 0.5) is 5.69 Å². The summed E-state index contributed by atoms with van der Waals surface area (Å²) in [5.41, 5.74) is 7.95. The summed E-state index contributed by atoms with van der Waals surface area (Å²) in [6.45, 7) is 6.92. The average Bonchev–Trinajstić information content (AvgIpc) is 2.39. The van der Waals surface area contributed by atoms with E-state index in [4.69, 9.17) is 10.5 Å². The summed E-state index contributed by atoms with van der Waals surface area (Å²) in [6, 6.07) is 6.87. The molecule has 0 aromatic heterocycles. The van der Waals surface area contributed by atoms with Gasteiger partial charge >= 0.3 is 0 Å². The lowest BCUT2D eigenvalue weighted by Gasteiger charge is -2.34. The molecular weight excluding hydrogens is 224 g/mol. The Balaban J connectivity index is 2.05. The van der Waals surface area contributed by atoms with E-state index in [9.17, 15) is 0 Å². The minimum absolute atomic E-state index is 0.648. The van der Waals surface area contributed by atoms with E-state index < -0.39 is 0 Å². The van der Waals surface area contributed by atoms with Crippen LogP contribution < -0.4 is 10.5 Å². The molecule has 1 aliphatic rings. The van der Waals surface area contributed by atoms with Crippen molar-refractivity contribution in [3.8, 4) is 5.75 Å². The third-order valence-corrected chi connectivity index (χ3v) is 3.99. The van der Waals surface area contributed by atoms with Crippen molar-refractivity contribution in [3.05, 3.63) is 23.8 Å². The van der Waals surface area contributed by atoms with Gasteiger partial charge in [-0.3, -0.25) is 0 Å². The normalized spacial score (nSPS) is 18.2. The summed E-state index contributed by atoms with van der Waals surface area (Å²) in [7, 11) is 1.68. The predicted molar refractivity (Wildman–Crippen MR) is 76.1 cm³/mol. The third-order valence-electron chi connectivity index (χ3n) is 3.99. The highest BCUT2D eigenvalue weighted by Gasteiger charge is 2.22. The minimum atomic E-state index is 0.648. The quantitative estimate of drug-likeness (QED) is 0.836. The maximum Gasteiger partial charge on any atom is 0.142 e. The Bertz CT molecular complexity index is 395. The SMILES string of the molecule is COc1cc(C2CCN(C(C)C)CC2)ccc1N. The molecule has 0 atom stereocenters. The topological polar surface area (TPSA) is 38.5 Å². The molecule has 3 heteroatoms. The molecule has 0 aliphatic carbocycles. The van der Waals surface area contributed by atoms with E-state index in [1.807, 2.05) is 6.07 Å². The van der Waals surface area contributed by atoms with Gasteiger partial charge in [0.05, 0.1) is 12.8 Å². The Labute approximate surface area is 110 Å². The molecule has 2 N–H and O–H groups in total. The third kappa shape index (κ3) is 2.78. The van der Waals surface area contributed by atoms with Crippen LogP contribution in [-0.2, 0) is 0 Å². The molecule has 0 unspecified atom stereocenters. The van der Waals surface area contributed by atoms with Gasteiger partial charge in [-0.15, -0.1) is 0 Å². The first-order chi connectivity index (χ1) is 8.61. The zero-order valence-electron chi connectivity index (χ0n) is 11.6. The Hall–Kier alpha value is -1.22. The van der Waals surface area contributed by atoms with E-state index in [1.54, 1.807) is 7.11 Å². The molecule has 1 aliphatic heterocycles. The fourth-order valence-corrected chi connectivity index (χ4v) is 2.73. The molecule has 100 valence electrons. The Kier molecular flexibility index (Phi) is 4.12. The lowest BCUT2D eigenvalue weighted by Crippen LogP contribution is -2.37. The Morgan fingerprint density at radius 1 is 1.28 bits per heavy atom. The monoisotopic (exact) mass is 248 g/mol. The van der Waals surface area contributed by atoms with Gasteiger partial charge in [-0.1, -0.05) is 6.07 Å². The van der Waals surface area contributed by atoms with E-state index in [-0.39, 0.29) is 0 Å². The number of ether oxygens (including phenoxy) is 1. The van der Waals surface area contributed by atoms with Crippen molar-refractivity contribution in [1.29, 1.82) is 0 Å². The molecule has 0 spiro atoms. The second-order valence-electron chi connectivity index (χ2n) is 5.41. The molecule has 0 saturated carbocycles. The van der Waals surface area contributed by atoms with Gasteiger partial charge < -0.3 is 15.4 Å². The maximum absolute atomic E-state index is 5.86. The number of piperidine rings is 1. The van der Waals surface area contributed by atoms with Crippen molar-refractivity contribution < 1.29 is 4.74 Å². The van der Waals surface area contributed by atoms with Crippen molar-refractivity contribution in [3.63, 3.8) is 0 Å². The number of hydrogen-bond acceptors (Lipinski definition) is 3. The number of likely N-dealkylation sites (tertiary alicyclic amines) is 1. The van der Waals surface area contributed by atoms with Gasteiger partial charge in [0.1, 0.15) is 5.75 Å². The van der Waals surface area contributed by atoms with Crippen molar-refractivity contribution in [2.24, 2.45) is 0 Å². The second kappa shape index (κ2) is 5.61. The summed E-state index contributed by atoms with van der Waals surface area (Å²) in [4.78, 5) is 2.55. The van der Waals surface area contributed by atoms with Crippen LogP contribution in [0.1, 0.15) is 38.2 Å². The first kappa shape index (κ1) is 13.2. The number of rotatable bonds is 3. The van der Waals surface area contributed by atoms with Gasteiger partial charge in [0.25, 0.3) is 0 Å². The van der Waals surface area contributed by atoms with E-state index in [2.05, 4.69) is 30.9 Å². The van der Waals surface area contributed by atoms with Gasteiger partial charge in [-0.05, 0) is 63.4 Å². The molecule has 2 rings (SSSR count). The van der Waals surface area contributed by atoms with Crippen LogP contribution in [0, 0.1) is 0 Å². The van der Waals surface area contributed by atoms with Gasteiger partial charge in [0, 0.05) is 6.04 Å². The highest BCUT2D eigenvalue weighted by molar-refractivity contribution is 5.54. The van der Waals surface area contributed by atoms with Gasteiger partial charge in [0.2, 0.25) is 0 Å². The van der Waals surface area contributed by atoms with Crippen molar-refractivity contribution in [1.82, 2.24) is 4.90 Å². The van der Waals surface area contributed by atoms with Gasteiger partial charge in [0.15, 0.2) is 0 Å². The maximum atomic E-state index is 5.86. The van der Waals surface area contributed by atoms with Gasteiger partial charge in [-0.25, -0.2) is 0 Å². The summed E-state index contributed by atoms with van der Waals surface area (Å²) >= 11 is 0. The molecule has 0 bridgehead atoms. The van der Waals surface area contributed by atoms with Crippen molar-refractivity contribution in [2.45, 2.75) is 38.6 Å². The first-order valence-electron chi connectivity index (χ1n) is 6.79. The lowest BCUT2D eigenvalue weighted by molar-refractivity contribution is 0.172. The number of nitrogens with two attached hydrogens (primary N) is 1. The van der Waals surface area contributed by atoms with E-state index >= 15 is 0 Å². The van der Waals surface area contributed by atoms with Crippen LogP contribution in [-0.4, -0.2) is 31.1 Å². The molecular formula is C15H24N2O.